The van der Waals surface area contributed by atoms with Crippen molar-refractivity contribution in [3.8, 4) is 0 Å². The molecular weight excluding hydrogens is 334 g/mol. The van der Waals surface area contributed by atoms with Gasteiger partial charge >= 0.3 is 5.82 Å². The van der Waals surface area contributed by atoms with Gasteiger partial charge in [-0.3, -0.25) is 19.8 Å². The monoisotopic (exact) mass is 345 g/mol. The molecule has 0 saturated heterocycles. The van der Waals surface area contributed by atoms with Crippen LogP contribution in [0.25, 0.3) is 0 Å². The van der Waals surface area contributed by atoms with Gasteiger partial charge in [0.15, 0.2) is 17.3 Å². The number of anilines is 2. The van der Waals surface area contributed by atoms with Crippen LogP contribution < -0.4 is 10.6 Å². The fourth-order valence-corrected chi connectivity index (χ4v) is 1.87. The highest BCUT2D eigenvalue weighted by Gasteiger charge is 2.18. The van der Waals surface area contributed by atoms with E-state index in [-0.39, 0.29) is 17.2 Å². The molecule has 13 nitrogen and oxygen atoms in total. The van der Waals surface area contributed by atoms with Gasteiger partial charge in [0.25, 0.3) is 11.8 Å². The fourth-order valence-electron chi connectivity index (χ4n) is 1.87. The summed E-state index contributed by atoms with van der Waals surface area (Å²) in [5.74, 6) is -1.24. The maximum absolute atomic E-state index is 12.0. The Kier molecular flexibility index (Phi) is 3.95. The number of aryl methyl sites for hydroxylation is 1. The van der Waals surface area contributed by atoms with Crippen LogP contribution in [0.15, 0.2) is 18.2 Å². The normalized spacial score (nSPS) is 10.4. The van der Waals surface area contributed by atoms with Crippen molar-refractivity contribution in [2.45, 2.75) is 6.92 Å². The number of aromatic nitrogens is 6. The summed E-state index contributed by atoms with van der Waals surface area (Å²) in [6, 6.07) is 3.92. The van der Waals surface area contributed by atoms with Gasteiger partial charge in [-0.25, -0.2) is 0 Å². The van der Waals surface area contributed by atoms with Crippen LogP contribution in [0.5, 0.6) is 0 Å². The first-order valence-corrected chi connectivity index (χ1v) is 6.82. The second-order valence-corrected chi connectivity index (χ2v) is 4.91. The molecule has 25 heavy (non-hydrogen) atoms. The van der Waals surface area contributed by atoms with Crippen LogP contribution in [-0.4, -0.2) is 47.3 Å². The third-order valence-corrected chi connectivity index (χ3v) is 3.01. The van der Waals surface area contributed by atoms with E-state index < -0.39 is 22.6 Å². The van der Waals surface area contributed by atoms with Crippen molar-refractivity contribution in [3.05, 3.63) is 45.4 Å². The van der Waals surface area contributed by atoms with Gasteiger partial charge in [-0.1, -0.05) is 5.10 Å². The number of hydrogen-bond donors (Lipinski definition) is 5. The number of amides is 2. The highest BCUT2D eigenvalue weighted by atomic mass is 16.6. The minimum Gasteiger partial charge on any atom is -0.358 e. The lowest BCUT2D eigenvalue weighted by Crippen LogP contribution is -2.13. The van der Waals surface area contributed by atoms with Crippen LogP contribution in [0.2, 0.25) is 0 Å². The molecule has 3 heterocycles. The predicted molar refractivity (Wildman–Crippen MR) is 83.1 cm³/mol. The van der Waals surface area contributed by atoms with E-state index in [9.17, 15) is 19.7 Å². The molecule has 0 fully saturated rings. The van der Waals surface area contributed by atoms with Crippen molar-refractivity contribution in [3.63, 3.8) is 0 Å². The molecular formula is C12H11N9O4. The van der Waals surface area contributed by atoms with Crippen molar-refractivity contribution in [1.82, 2.24) is 30.6 Å². The van der Waals surface area contributed by atoms with E-state index in [4.69, 9.17) is 0 Å². The second-order valence-electron chi connectivity index (χ2n) is 4.91. The molecule has 0 spiro atoms. The number of hydrogen-bond acceptors (Lipinski definition) is 7. The highest BCUT2D eigenvalue weighted by Crippen LogP contribution is 2.12. The summed E-state index contributed by atoms with van der Waals surface area (Å²) < 4.78 is 0. The molecule has 0 saturated carbocycles. The summed E-state index contributed by atoms with van der Waals surface area (Å²) in [4.78, 5) is 33.8. The summed E-state index contributed by atoms with van der Waals surface area (Å²) in [6.45, 7) is 1.78. The van der Waals surface area contributed by atoms with E-state index in [1.165, 1.54) is 6.07 Å². The van der Waals surface area contributed by atoms with Crippen molar-refractivity contribution in [2.24, 2.45) is 0 Å². The fraction of sp³-hybridized carbons (Fsp3) is 0.0833. The van der Waals surface area contributed by atoms with Gasteiger partial charge in [0.2, 0.25) is 0 Å². The molecule has 0 aliphatic heterocycles. The predicted octanol–water partition coefficient (Wildman–Crippen LogP) is 0.577. The summed E-state index contributed by atoms with van der Waals surface area (Å²) >= 11 is 0. The first-order chi connectivity index (χ1) is 11.9. The molecule has 0 atom stereocenters. The molecule has 0 bridgehead atoms. The lowest BCUT2D eigenvalue weighted by molar-refractivity contribution is -0.389. The molecule has 5 N–H and O–H groups in total. The van der Waals surface area contributed by atoms with Crippen molar-refractivity contribution in [1.29, 1.82) is 0 Å². The number of H-pyrrole nitrogens is 3. The number of nitrogens with one attached hydrogen (secondary N) is 5. The van der Waals surface area contributed by atoms with Crippen LogP contribution >= 0.6 is 0 Å². The summed E-state index contributed by atoms with van der Waals surface area (Å²) in [6.07, 6.45) is 0. The van der Waals surface area contributed by atoms with Gasteiger partial charge < -0.3 is 20.7 Å². The van der Waals surface area contributed by atoms with Crippen molar-refractivity contribution < 1.29 is 14.5 Å². The Morgan fingerprint density at radius 2 is 1.68 bits per heavy atom. The molecule has 2 amide bonds. The van der Waals surface area contributed by atoms with Crippen molar-refractivity contribution >= 4 is 29.3 Å². The smallest absolute Gasteiger partial charge is 0.343 e. The Morgan fingerprint density at radius 3 is 2.32 bits per heavy atom. The molecule has 0 aliphatic rings. The standard InChI is InChI=1S/C12H11N9O4/c1-5-2-8(18-15-5)13-11(22)6-3-9(19-16-6)14-12(23)7-4-10(20-17-7)21(24)25/h2-4H,1H3,(H,17,20)(H2,13,15,18,22)(H2,14,16,19,23). The van der Waals surface area contributed by atoms with Crippen LogP contribution in [0.4, 0.5) is 17.5 Å². The van der Waals surface area contributed by atoms with E-state index in [0.717, 1.165) is 11.8 Å². The maximum Gasteiger partial charge on any atom is 0.343 e. The Morgan fingerprint density at radius 1 is 1.00 bits per heavy atom. The third kappa shape index (κ3) is 3.49. The highest BCUT2D eigenvalue weighted by molar-refractivity contribution is 6.05. The minimum absolute atomic E-state index is 0.0546. The summed E-state index contributed by atoms with van der Waals surface area (Å²) in [7, 11) is 0. The topological polar surface area (TPSA) is 187 Å². The molecule has 128 valence electrons. The lowest BCUT2D eigenvalue weighted by Gasteiger charge is -1.97. The van der Waals surface area contributed by atoms with Crippen molar-refractivity contribution in [2.75, 3.05) is 10.6 Å². The Labute approximate surface area is 138 Å². The molecule has 0 aliphatic carbocycles. The zero-order chi connectivity index (χ0) is 18.0. The van der Waals surface area contributed by atoms with Crippen LogP contribution in [0.3, 0.4) is 0 Å². The van der Waals surface area contributed by atoms with E-state index in [0.29, 0.717) is 5.82 Å². The van der Waals surface area contributed by atoms with Gasteiger partial charge in [0.05, 0.1) is 6.07 Å². The average molecular weight is 345 g/mol. The summed E-state index contributed by atoms with van der Waals surface area (Å²) in [5, 5.41) is 33.9. The maximum atomic E-state index is 12.0. The molecule has 3 aromatic rings. The van der Waals surface area contributed by atoms with Gasteiger partial charge in [-0.15, -0.1) is 5.10 Å². The number of carbonyl (C=O) groups excluding carboxylic acids is 2. The SMILES string of the molecule is Cc1cc(NC(=O)c2cc(NC(=O)c3cc([N+](=O)[O-])[nH]n3)n[nH]2)n[nH]1. The number of carbonyl (C=O) groups is 2. The number of nitro groups is 1. The van der Waals surface area contributed by atoms with E-state index >= 15 is 0 Å². The van der Waals surface area contributed by atoms with Gasteiger partial charge in [0.1, 0.15) is 5.69 Å². The third-order valence-electron chi connectivity index (χ3n) is 3.01. The largest absolute Gasteiger partial charge is 0.358 e. The van der Waals surface area contributed by atoms with Crippen LogP contribution in [0.1, 0.15) is 26.7 Å². The Hall–Kier alpha value is -4.03. The first-order valence-electron chi connectivity index (χ1n) is 6.82. The molecule has 0 radical (unpaired) electrons. The van der Waals surface area contributed by atoms with Gasteiger partial charge in [-0.05, 0) is 11.8 Å². The second kappa shape index (κ2) is 6.23. The number of nitrogens with zero attached hydrogens (tertiary/aromatic N) is 4. The summed E-state index contributed by atoms with van der Waals surface area (Å²) in [5.41, 5.74) is 0.678. The Balaban J connectivity index is 1.65. The van der Waals surface area contributed by atoms with Gasteiger partial charge in [0, 0.05) is 17.8 Å². The molecule has 0 unspecified atom stereocenters. The number of aromatic amines is 3. The van der Waals surface area contributed by atoms with Crippen LogP contribution in [0, 0.1) is 17.0 Å². The van der Waals surface area contributed by atoms with E-state index in [2.05, 4.69) is 41.2 Å². The lowest BCUT2D eigenvalue weighted by atomic mass is 10.3. The van der Waals surface area contributed by atoms with Crippen LogP contribution in [-0.2, 0) is 0 Å². The first kappa shape index (κ1) is 15.9. The molecule has 3 aromatic heterocycles. The zero-order valence-corrected chi connectivity index (χ0v) is 12.7. The van der Waals surface area contributed by atoms with Gasteiger partial charge in [-0.2, -0.15) is 10.2 Å². The Bertz CT molecular complexity index is 953. The number of rotatable bonds is 5. The molecule has 0 aromatic carbocycles. The van der Waals surface area contributed by atoms with E-state index in [1.54, 1.807) is 13.0 Å². The molecule has 13 heteroatoms. The zero-order valence-electron chi connectivity index (χ0n) is 12.7. The minimum atomic E-state index is -0.717. The average Bonchev–Trinajstić information content (AvgIpc) is 3.27. The quantitative estimate of drug-likeness (QED) is 0.330. The molecule has 3 rings (SSSR count). The van der Waals surface area contributed by atoms with E-state index in [1.807, 2.05) is 0 Å².